The van der Waals surface area contributed by atoms with Gasteiger partial charge >= 0.3 is 0 Å². The first-order valence-electron chi connectivity index (χ1n) is 6.98. The molecule has 2 heterocycles. The Morgan fingerprint density at radius 3 is 2.95 bits per heavy atom. The molecule has 4 nitrogen and oxygen atoms in total. The Morgan fingerprint density at radius 2 is 2.42 bits per heavy atom. The van der Waals surface area contributed by atoms with Gasteiger partial charge in [0.2, 0.25) is 0 Å². The number of hydrogen-bond acceptors (Lipinski definition) is 3. The van der Waals surface area contributed by atoms with Crippen LogP contribution in [0.3, 0.4) is 0 Å². The van der Waals surface area contributed by atoms with Gasteiger partial charge < -0.3 is 9.47 Å². The van der Waals surface area contributed by atoms with E-state index in [9.17, 15) is 0 Å². The molecule has 1 aliphatic carbocycles. The Morgan fingerprint density at radius 1 is 1.58 bits per heavy atom. The van der Waals surface area contributed by atoms with E-state index in [1.165, 1.54) is 6.42 Å². The van der Waals surface area contributed by atoms with Gasteiger partial charge in [-0.2, -0.15) is 5.10 Å². The lowest BCUT2D eigenvalue weighted by Gasteiger charge is -2.38. The van der Waals surface area contributed by atoms with E-state index in [2.05, 4.69) is 34.4 Å². The zero-order chi connectivity index (χ0) is 13.3. The van der Waals surface area contributed by atoms with Gasteiger partial charge in [-0.25, -0.2) is 0 Å². The highest BCUT2D eigenvalue weighted by molar-refractivity contribution is 9.10. The van der Waals surface area contributed by atoms with Crippen LogP contribution < -0.4 is 0 Å². The van der Waals surface area contributed by atoms with Crippen LogP contribution in [0.2, 0.25) is 0 Å². The van der Waals surface area contributed by atoms with Gasteiger partial charge in [-0.3, -0.25) is 4.68 Å². The third kappa shape index (κ3) is 2.83. The van der Waals surface area contributed by atoms with E-state index in [0.717, 1.165) is 49.0 Å². The van der Waals surface area contributed by atoms with E-state index in [4.69, 9.17) is 9.47 Å². The first kappa shape index (κ1) is 13.5. The van der Waals surface area contributed by atoms with Gasteiger partial charge in [0.25, 0.3) is 0 Å². The quantitative estimate of drug-likeness (QED) is 0.796. The average molecular weight is 328 g/mol. The molecular formula is C14H20BrN2O2+. The Kier molecular flexibility index (Phi) is 3.87. The first-order valence-corrected chi connectivity index (χ1v) is 7.77. The SMILES string of the molecule is Cc1c(Br)cnn1CC1(OC2CCCCO2)C[CH+]C1. The Hall–Kier alpha value is -0.520. The molecular weight excluding hydrogens is 308 g/mol. The van der Waals surface area contributed by atoms with Crippen molar-refractivity contribution < 1.29 is 9.47 Å². The molecule has 0 radical (unpaired) electrons. The zero-order valence-corrected chi connectivity index (χ0v) is 12.9. The van der Waals surface area contributed by atoms with Gasteiger partial charge in [0.1, 0.15) is 12.8 Å². The monoisotopic (exact) mass is 327 g/mol. The van der Waals surface area contributed by atoms with Crippen LogP contribution in [0, 0.1) is 13.3 Å². The highest BCUT2D eigenvalue weighted by atomic mass is 79.9. The van der Waals surface area contributed by atoms with Crippen LogP contribution in [0.5, 0.6) is 0 Å². The molecule has 1 aliphatic heterocycles. The molecule has 0 N–H and O–H groups in total. The minimum Gasteiger partial charge on any atom is -0.353 e. The fraction of sp³-hybridized carbons (Fsp3) is 0.714. The van der Waals surface area contributed by atoms with Crippen molar-refractivity contribution in [2.24, 2.45) is 0 Å². The number of halogens is 1. The largest absolute Gasteiger partial charge is 0.353 e. The summed E-state index contributed by atoms with van der Waals surface area (Å²) in [6, 6.07) is 0. The molecule has 0 amide bonds. The molecule has 1 aromatic heterocycles. The van der Waals surface area contributed by atoms with Crippen molar-refractivity contribution in [3.63, 3.8) is 0 Å². The smallest absolute Gasteiger partial charge is 0.170 e. The third-order valence-electron chi connectivity index (χ3n) is 4.03. The number of ether oxygens (including phenoxy) is 2. The van der Waals surface area contributed by atoms with E-state index in [1.807, 2.05) is 10.9 Å². The van der Waals surface area contributed by atoms with Gasteiger partial charge in [0.15, 0.2) is 11.9 Å². The molecule has 1 atom stereocenters. The molecule has 3 rings (SSSR count). The maximum absolute atomic E-state index is 6.25. The summed E-state index contributed by atoms with van der Waals surface area (Å²) >= 11 is 3.51. The van der Waals surface area contributed by atoms with E-state index in [-0.39, 0.29) is 11.9 Å². The van der Waals surface area contributed by atoms with Crippen molar-refractivity contribution in [1.82, 2.24) is 9.78 Å². The maximum Gasteiger partial charge on any atom is 0.170 e. The van der Waals surface area contributed by atoms with E-state index >= 15 is 0 Å². The van der Waals surface area contributed by atoms with Crippen LogP contribution >= 0.6 is 15.9 Å². The van der Waals surface area contributed by atoms with Gasteiger partial charge in [-0.15, -0.1) is 0 Å². The van der Waals surface area contributed by atoms with Crippen molar-refractivity contribution in [2.75, 3.05) is 6.61 Å². The number of aromatic nitrogens is 2. The van der Waals surface area contributed by atoms with Gasteiger partial charge in [-0.1, -0.05) is 0 Å². The van der Waals surface area contributed by atoms with E-state index in [0.29, 0.717) is 0 Å². The number of nitrogens with zero attached hydrogens (tertiary/aromatic N) is 2. The molecule has 19 heavy (non-hydrogen) atoms. The van der Waals surface area contributed by atoms with Crippen molar-refractivity contribution in [3.8, 4) is 0 Å². The highest BCUT2D eigenvalue weighted by Crippen LogP contribution is 2.39. The van der Waals surface area contributed by atoms with Crippen molar-refractivity contribution in [2.45, 2.75) is 57.5 Å². The lowest BCUT2D eigenvalue weighted by atomic mass is 9.79. The molecule has 5 heteroatoms. The second kappa shape index (κ2) is 5.46. The van der Waals surface area contributed by atoms with Gasteiger partial charge in [0.05, 0.1) is 23.6 Å². The summed E-state index contributed by atoms with van der Waals surface area (Å²) in [6.07, 6.45) is 9.46. The predicted octanol–water partition coefficient (Wildman–Crippen LogP) is 3.23. The molecule has 1 saturated heterocycles. The Balaban J connectivity index is 1.67. The summed E-state index contributed by atoms with van der Waals surface area (Å²) in [7, 11) is 0. The van der Waals surface area contributed by atoms with Gasteiger partial charge in [-0.05, 0) is 42.1 Å². The summed E-state index contributed by atoms with van der Waals surface area (Å²) in [6.45, 7) is 3.71. The van der Waals surface area contributed by atoms with Gasteiger partial charge in [0, 0.05) is 12.3 Å². The standard InChI is InChI=1S/C14H20BrN2O2/c1-11-12(15)9-16-17(11)10-14(6-4-7-14)19-13-5-2-3-8-18-13/h4,9,13H,2-3,5-8,10H2,1H3/q+1. The molecule has 1 saturated carbocycles. The molecule has 2 aliphatic rings. The first-order chi connectivity index (χ1) is 9.19. The summed E-state index contributed by atoms with van der Waals surface area (Å²) in [5.74, 6) is 0. The van der Waals surface area contributed by atoms with Crippen molar-refractivity contribution in [1.29, 1.82) is 0 Å². The summed E-state index contributed by atoms with van der Waals surface area (Å²) < 4.78 is 15.0. The maximum atomic E-state index is 6.25. The number of hydrogen-bond donors (Lipinski definition) is 0. The fourth-order valence-electron chi connectivity index (χ4n) is 2.67. The normalized spacial score (nSPS) is 25.7. The molecule has 104 valence electrons. The summed E-state index contributed by atoms with van der Waals surface area (Å²) in [4.78, 5) is 0. The van der Waals surface area contributed by atoms with E-state index < -0.39 is 0 Å². The lowest BCUT2D eigenvalue weighted by molar-refractivity contribution is -0.241. The lowest BCUT2D eigenvalue weighted by Crippen LogP contribution is -2.48. The van der Waals surface area contributed by atoms with Crippen LogP contribution in [-0.2, 0) is 16.0 Å². The second-order valence-electron chi connectivity index (χ2n) is 5.53. The topological polar surface area (TPSA) is 36.3 Å². The van der Waals surface area contributed by atoms with Crippen LogP contribution in [0.4, 0.5) is 0 Å². The minimum absolute atomic E-state index is 0.0261. The van der Waals surface area contributed by atoms with Crippen molar-refractivity contribution in [3.05, 3.63) is 22.8 Å². The Labute approximate surface area is 122 Å². The van der Waals surface area contributed by atoms with Crippen molar-refractivity contribution >= 4 is 15.9 Å². The molecule has 1 unspecified atom stereocenters. The molecule has 1 aromatic rings. The third-order valence-corrected chi connectivity index (χ3v) is 4.81. The second-order valence-corrected chi connectivity index (χ2v) is 6.38. The van der Waals surface area contributed by atoms with Crippen LogP contribution in [0.1, 0.15) is 37.8 Å². The minimum atomic E-state index is -0.113. The van der Waals surface area contributed by atoms with Crippen LogP contribution in [-0.4, -0.2) is 28.3 Å². The molecule has 0 spiro atoms. The zero-order valence-electron chi connectivity index (χ0n) is 11.3. The highest BCUT2D eigenvalue weighted by Gasteiger charge is 2.49. The molecule has 0 bridgehead atoms. The average Bonchev–Trinajstić information content (AvgIpc) is 2.69. The Bertz CT molecular complexity index is 437. The fourth-order valence-corrected chi connectivity index (χ4v) is 2.96. The van der Waals surface area contributed by atoms with Crippen LogP contribution in [0.25, 0.3) is 0 Å². The predicted molar refractivity (Wildman–Crippen MR) is 75.6 cm³/mol. The van der Waals surface area contributed by atoms with Crippen LogP contribution in [0.15, 0.2) is 10.7 Å². The molecule has 2 fully saturated rings. The summed E-state index contributed by atoms with van der Waals surface area (Å²) in [5.41, 5.74) is 1.04. The van der Waals surface area contributed by atoms with E-state index in [1.54, 1.807) is 0 Å². The number of rotatable bonds is 4. The molecule has 0 aromatic carbocycles. The summed E-state index contributed by atoms with van der Waals surface area (Å²) in [5, 5.41) is 4.41.